The predicted molar refractivity (Wildman–Crippen MR) is 81.1 cm³/mol. The van der Waals surface area contributed by atoms with Gasteiger partial charge in [-0.1, -0.05) is 13.0 Å². The molecule has 0 bridgehead atoms. The summed E-state index contributed by atoms with van der Waals surface area (Å²) in [6.45, 7) is 1.78. The van der Waals surface area contributed by atoms with Gasteiger partial charge in [-0.05, 0) is 43.9 Å². The summed E-state index contributed by atoms with van der Waals surface area (Å²) in [6.07, 6.45) is 3.25. The molecule has 1 fully saturated rings. The quantitative estimate of drug-likeness (QED) is 0.794. The molecule has 1 saturated carbocycles. The molecule has 1 aliphatic carbocycles. The van der Waals surface area contributed by atoms with Crippen molar-refractivity contribution in [2.75, 3.05) is 5.32 Å². The van der Waals surface area contributed by atoms with Gasteiger partial charge in [-0.15, -0.1) is 0 Å². The first-order chi connectivity index (χ1) is 10.1. The van der Waals surface area contributed by atoms with E-state index in [1.165, 1.54) is 0 Å². The minimum absolute atomic E-state index is 0.0752. The van der Waals surface area contributed by atoms with Crippen LogP contribution < -0.4 is 10.6 Å². The van der Waals surface area contributed by atoms with Crippen molar-refractivity contribution in [3.8, 4) is 0 Å². The van der Waals surface area contributed by atoms with Crippen molar-refractivity contribution >= 4 is 17.5 Å². The fourth-order valence-corrected chi connectivity index (χ4v) is 2.48. The minimum Gasteiger partial charge on any atom is -0.393 e. The number of aliphatic hydroxyl groups excluding tert-OH is 1. The zero-order valence-corrected chi connectivity index (χ0v) is 12.3. The fourth-order valence-electron chi connectivity index (χ4n) is 2.48. The van der Waals surface area contributed by atoms with Crippen LogP contribution in [0.15, 0.2) is 24.3 Å². The highest BCUT2D eigenvalue weighted by molar-refractivity contribution is 5.97. The third-order valence-electron chi connectivity index (χ3n) is 3.76. The van der Waals surface area contributed by atoms with Gasteiger partial charge in [0.15, 0.2) is 0 Å². The highest BCUT2D eigenvalue weighted by Gasteiger charge is 2.21. The Balaban J connectivity index is 1.95. The Morgan fingerprint density at radius 1 is 1.24 bits per heavy atom. The number of benzene rings is 1. The highest BCUT2D eigenvalue weighted by atomic mass is 16.3. The SMILES string of the molecule is CCC(=O)Nc1cccc(C(=O)NC2CCC(O)CC2)c1. The molecule has 0 unspecified atom stereocenters. The van der Waals surface area contributed by atoms with Crippen LogP contribution in [0.2, 0.25) is 0 Å². The number of aliphatic hydroxyl groups is 1. The van der Waals surface area contributed by atoms with E-state index in [1.54, 1.807) is 31.2 Å². The maximum atomic E-state index is 12.2. The molecule has 1 aromatic rings. The van der Waals surface area contributed by atoms with Crippen molar-refractivity contribution in [2.24, 2.45) is 0 Å². The van der Waals surface area contributed by atoms with E-state index in [0.717, 1.165) is 25.7 Å². The topological polar surface area (TPSA) is 78.4 Å². The van der Waals surface area contributed by atoms with Crippen LogP contribution in [-0.4, -0.2) is 29.1 Å². The smallest absolute Gasteiger partial charge is 0.251 e. The average Bonchev–Trinajstić information content (AvgIpc) is 2.49. The van der Waals surface area contributed by atoms with Gasteiger partial charge in [0.1, 0.15) is 0 Å². The van der Waals surface area contributed by atoms with Crippen LogP contribution in [0.5, 0.6) is 0 Å². The van der Waals surface area contributed by atoms with Crippen LogP contribution in [0.25, 0.3) is 0 Å². The molecule has 2 amide bonds. The normalized spacial score (nSPS) is 21.6. The van der Waals surface area contributed by atoms with Gasteiger partial charge >= 0.3 is 0 Å². The Labute approximate surface area is 124 Å². The van der Waals surface area contributed by atoms with Crippen molar-refractivity contribution in [3.05, 3.63) is 29.8 Å². The van der Waals surface area contributed by atoms with Gasteiger partial charge in [-0.3, -0.25) is 9.59 Å². The first-order valence-corrected chi connectivity index (χ1v) is 7.47. The standard InChI is InChI=1S/C16H22N2O3/c1-2-15(20)17-13-5-3-4-11(10-13)16(21)18-12-6-8-14(19)9-7-12/h3-5,10,12,14,19H,2,6-9H2,1H3,(H,17,20)(H,18,21). The number of hydrogen-bond donors (Lipinski definition) is 3. The third-order valence-corrected chi connectivity index (χ3v) is 3.76. The maximum Gasteiger partial charge on any atom is 0.251 e. The largest absolute Gasteiger partial charge is 0.393 e. The summed E-state index contributed by atoms with van der Waals surface area (Å²) in [4.78, 5) is 23.6. The molecule has 5 heteroatoms. The maximum absolute atomic E-state index is 12.2. The fraction of sp³-hybridized carbons (Fsp3) is 0.500. The van der Waals surface area contributed by atoms with Gasteiger partial charge in [0.05, 0.1) is 6.10 Å². The first-order valence-electron chi connectivity index (χ1n) is 7.47. The molecule has 0 aliphatic heterocycles. The van der Waals surface area contributed by atoms with Gasteiger partial charge in [-0.2, -0.15) is 0 Å². The van der Waals surface area contributed by atoms with Crippen LogP contribution in [0.3, 0.4) is 0 Å². The second-order valence-electron chi connectivity index (χ2n) is 5.46. The Morgan fingerprint density at radius 2 is 1.95 bits per heavy atom. The molecule has 21 heavy (non-hydrogen) atoms. The lowest BCUT2D eigenvalue weighted by molar-refractivity contribution is -0.115. The number of carbonyl (C=O) groups excluding carboxylic acids is 2. The van der Waals surface area contributed by atoms with Crippen molar-refractivity contribution in [3.63, 3.8) is 0 Å². The third kappa shape index (κ3) is 4.56. The van der Waals surface area contributed by atoms with Crippen molar-refractivity contribution < 1.29 is 14.7 Å². The lowest BCUT2D eigenvalue weighted by Crippen LogP contribution is -2.38. The van der Waals surface area contributed by atoms with Gasteiger partial charge < -0.3 is 15.7 Å². The van der Waals surface area contributed by atoms with E-state index >= 15 is 0 Å². The molecular formula is C16H22N2O3. The molecule has 1 aromatic carbocycles. The van der Waals surface area contributed by atoms with Gasteiger partial charge in [0, 0.05) is 23.7 Å². The number of amides is 2. The van der Waals surface area contributed by atoms with Crippen molar-refractivity contribution in [1.29, 1.82) is 0 Å². The van der Waals surface area contributed by atoms with Crippen LogP contribution >= 0.6 is 0 Å². The summed E-state index contributed by atoms with van der Waals surface area (Å²) in [5.74, 6) is -0.210. The second kappa shape index (κ2) is 7.22. The highest BCUT2D eigenvalue weighted by Crippen LogP contribution is 2.19. The van der Waals surface area contributed by atoms with Crippen molar-refractivity contribution in [1.82, 2.24) is 5.32 Å². The lowest BCUT2D eigenvalue weighted by atomic mass is 9.93. The van der Waals surface area contributed by atoms with Crippen LogP contribution in [0.4, 0.5) is 5.69 Å². The predicted octanol–water partition coefficient (Wildman–Crippen LogP) is 2.07. The molecule has 0 radical (unpaired) electrons. The van der Waals surface area contributed by atoms with Crippen LogP contribution in [0, 0.1) is 0 Å². The summed E-state index contributed by atoms with van der Waals surface area (Å²) >= 11 is 0. The summed E-state index contributed by atoms with van der Waals surface area (Å²) in [6, 6.07) is 7.05. The molecule has 0 atom stereocenters. The van der Waals surface area contributed by atoms with E-state index < -0.39 is 0 Å². The molecule has 2 rings (SSSR count). The van der Waals surface area contributed by atoms with E-state index in [4.69, 9.17) is 0 Å². The number of rotatable bonds is 4. The van der Waals surface area contributed by atoms with E-state index in [-0.39, 0.29) is 24.0 Å². The summed E-state index contributed by atoms with van der Waals surface area (Å²) in [7, 11) is 0. The van der Waals surface area contributed by atoms with Crippen molar-refractivity contribution in [2.45, 2.75) is 51.2 Å². The molecule has 5 nitrogen and oxygen atoms in total. The first kappa shape index (κ1) is 15.5. The molecule has 0 aromatic heterocycles. The molecular weight excluding hydrogens is 268 g/mol. The molecule has 0 saturated heterocycles. The van der Waals surface area contributed by atoms with E-state index in [9.17, 15) is 14.7 Å². The average molecular weight is 290 g/mol. The van der Waals surface area contributed by atoms with Gasteiger partial charge in [0.25, 0.3) is 5.91 Å². The number of carbonyl (C=O) groups is 2. The molecule has 1 aliphatic rings. The van der Waals surface area contributed by atoms with Crippen LogP contribution in [-0.2, 0) is 4.79 Å². The number of nitrogens with one attached hydrogen (secondary N) is 2. The van der Waals surface area contributed by atoms with E-state index in [2.05, 4.69) is 10.6 Å². The Hall–Kier alpha value is -1.88. The Morgan fingerprint density at radius 3 is 2.62 bits per heavy atom. The Bertz CT molecular complexity index is 508. The summed E-state index contributed by atoms with van der Waals surface area (Å²) in [5.41, 5.74) is 1.17. The number of hydrogen-bond acceptors (Lipinski definition) is 3. The molecule has 0 spiro atoms. The number of anilines is 1. The zero-order valence-electron chi connectivity index (χ0n) is 12.3. The second-order valence-corrected chi connectivity index (χ2v) is 5.46. The van der Waals surface area contributed by atoms with Gasteiger partial charge in [-0.25, -0.2) is 0 Å². The molecule has 0 heterocycles. The Kier molecular flexibility index (Phi) is 5.33. The minimum atomic E-state index is -0.231. The lowest BCUT2D eigenvalue weighted by Gasteiger charge is -2.26. The van der Waals surface area contributed by atoms with Gasteiger partial charge in [0.2, 0.25) is 5.91 Å². The van der Waals surface area contributed by atoms with E-state index in [0.29, 0.717) is 17.7 Å². The summed E-state index contributed by atoms with van der Waals surface area (Å²) in [5, 5.41) is 15.2. The zero-order chi connectivity index (χ0) is 15.2. The summed E-state index contributed by atoms with van der Waals surface area (Å²) < 4.78 is 0. The monoisotopic (exact) mass is 290 g/mol. The molecule has 114 valence electrons. The molecule has 3 N–H and O–H groups in total. The van der Waals surface area contributed by atoms with Crippen LogP contribution in [0.1, 0.15) is 49.4 Å². The van der Waals surface area contributed by atoms with E-state index in [1.807, 2.05) is 0 Å².